The molecule has 1 aromatic rings. The summed E-state index contributed by atoms with van der Waals surface area (Å²) in [6, 6.07) is 10.6. The summed E-state index contributed by atoms with van der Waals surface area (Å²) in [5, 5.41) is 12.7. The number of benzene rings is 1. The lowest BCUT2D eigenvalue weighted by Gasteiger charge is -2.36. The van der Waals surface area contributed by atoms with Gasteiger partial charge in [-0.25, -0.2) is 0 Å². The van der Waals surface area contributed by atoms with Crippen LogP contribution in [0.1, 0.15) is 50.2 Å². The lowest BCUT2D eigenvalue weighted by molar-refractivity contribution is -0.119. The number of rotatable bonds is 2. The molecule has 0 radical (unpaired) electrons. The van der Waals surface area contributed by atoms with E-state index < -0.39 is 0 Å². The van der Waals surface area contributed by atoms with Gasteiger partial charge in [0.2, 0.25) is 5.91 Å². The van der Waals surface area contributed by atoms with Crippen LogP contribution in [0.25, 0.3) is 5.70 Å². The predicted octanol–water partition coefficient (Wildman–Crippen LogP) is 3.56. The second-order valence-corrected chi connectivity index (χ2v) is 6.08. The van der Waals surface area contributed by atoms with Gasteiger partial charge in [0.1, 0.15) is 0 Å². The maximum absolute atomic E-state index is 11.9. The lowest BCUT2D eigenvalue weighted by atomic mass is 9.68. The van der Waals surface area contributed by atoms with Crippen molar-refractivity contribution in [1.82, 2.24) is 5.32 Å². The summed E-state index contributed by atoms with van der Waals surface area (Å²) in [6.45, 7) is 1.84. The number of nitriles is 1. The molecule has 0 heterocycles. The lowest BCUT2D eigenvalue weighted by Crippen LogP contribution is -2.33. The zero-order chi connectivity index (χ0) is 14.9. The number of allylic oxidation sites excluding steroid dienone is 1. The summed E-state index contributed by atoms with van der Waals surface area (Å²) in [4.78, 5) is 11.9. The van der Waals surface area contributed by atoms with Crippen LogP contribution in [0, 0.1) is 16.7 Å². The predicted molar refractivity (Wildman–Crippen MR) is 82.0 cm³/mol. The summed E-state index contributed by atoms with van der Waals surface area (Å²) in [6.07, 6.45) is 5.80. The second-order valence-electron chi connectivity index (χ2n) is 6.08. The van der Waals surface area contributed by atoms with Crippen molar-refractivity contribution in [2.45, 2.75) is 45.4 Å². The fourth-order valence-electron chi connectivity index (χ4n) is 3.78. The molecule has 1 aromatic carbocycles. The molecular formula is C18H20N2O. The molecule has 3 rings (SSSR count). The van der Waals surface area contributed by atoms with Gasteiger partial charge in [-0.3, -0.25) is 4.79 Å². The largest absolute Gasteiger partial charge is 0.325 e. The molecule has 0 aliphatic heterocycles. The molecule has 0 aromatic heterocycles. The molecule has 0 bridgehead atoms. The quantitative estimate of drug-likeness (QED) is 0.900. The SMILES string of the molecule is CCC(=O)NC1=C(C#N)C2(CCCC2)Cc2ccccc21. The maximum atomic E-state index is 11.9. The first kappa shape index (κ1) is 13.9. The number of hydrogen-bond acceptors (Lipinski definition) is 2. The van der Waals surface area contributed by atoms with E-state index in [1.165, 1.54) is 18.4 Å². The highest BCUT2D eigenvalue weighted by atomic mass is 16.1. The first-order valence-corrected chi connectivity index (χ1v) is 7.73. The third-order valence-electron chi connectivity index (χ3n) is 4.85. The van der Waals surface area contributed by atoms with Gasteiger partial charge in [-0.1, -0.05) is 44.0 Å². The number of fused-ring (bicyclic) bond motifs is 1. The first-order valence-electron chi connectivity index (χ1n) is 7.73. The van der Waals surface area contributed by atoms with Crippen LogP contribution < -0.4 is 5.32 Å². The molecule has 1 spiro atoms. The Morgan fingerprint density at radius 3 is 2.71 bits per heavy atom. The summed E-state index contributed by atoms with van der Waals surface area (Å²) in [5.74, 6) is -0.0254. The number of hydrogen-bond donors (Lipinski definition) is 1. The van der Waals surface area contributed by atoms with E-state index in [2.05, 4.69) is 17.5 Å². The molecule has 21 heavy (non-hydrogen) atoms. The Bertz CT molecular complexity index is 645. The van der Waals surface area contributed by atoms with Crippen LogP contribution in [0.15, 0.2) is 29.8 Å². The third kappa shape index (κ3) is 2.25. The van der Waals surface area contributed by atoms with E-state index >= 15 is 0 Å². The molecule has 3 heteroatoms. The van der Waals surface area contributed by atoms with Crippen LogP contribution in [0.5, 0.6) is 0 Å². The zero-order valence-corrected chi connectivity index (χ0v) is 12.4. The van der Waals surface area contributed by atoms with Crippen molar-refractivity contribution in [3.8, 4) is 6.07 Å². The minimum Gasteiger partial charge on any atom is -0.325 e. The minimum atomic E-state index is -0.0561. The highest BCUT2D eigenvalue weighted by Gasteiger charge is 2.43. The van der Waals surface area contributed by atoms with Crippen LogP contribution in [-0.4, -0.2) is 5.91 Å². The summed E-state index contributed by atoms with van der Waals surface area (Å²) >= 11 is 0. The number of carbonyl (C=O) groups is 1. The van der Waals surface area contributed by atoms with Crippen molar-refractivity contribution in [2.24, 2.45) is 5.41 Å². The smallest absolute Gasteiger partial charge is 0.224 e. The van der Waals surface area contributed by atoms with E-state index in [1.54, 1.807) is 0 Å². The summed E-state index contributed by atoms with van der Waals surface area (Å²) in [7, 11) is 0. The van der Waals surface area contributed by atoms with Crippen molar-refractivity contribution in [1.29, 1.82) is 5.26 Å². The van der Waals surface area contributed by atoms with Gasteiger partial charge in [-0.2, -0.15) is 5.26 Å². The van der Waals surface area contributed by atoms with E-state index in [4.69, 9.17) is 0 Å². The summed E-state index contributed by atoms with van der Waals surface area (Å²) < 4.78 is 0. The van der Waals surface area contributed by atoms with Crippen molar-refractivity contribution in [3.63, 3.8) is 0 Å². The Balaban J connectivity index is 2.17. The first-order chi connectivity index (χ1) is 10.2. The Kier molecular flexibility index (Phi) is 3.55. The Morgan fingerprint density at radius 1 is 1.33 bits per heavy atom. The normalized spacial score (nSPS) is 19.2. The number of nitrogens with one attached hydrogen (secondary N) is 1. The fourth-order valence-corrected chi connectivity index (χ4v) is 3.78. The van der Waals surface area contributed by atoms with Crippen LogP contribution in [0.2, 0.25) is 0 Å². The minimum absolute atomic E-state index is 0.0254. The zero-order valence-electron chi connectivity index (χ0n) is 12.4. The average molecular weight is 280 g/mol. The van der Waals surface area contributed by atoms with E-state index in [9.17, 15) is 10.1 Å². The Morgan fingerprint density at radius 2 is 2.05 bits per heavy atom. The standard InChI is InChI=1S/C18H20N2O/c1-2-16(21)20-17-14-8-4-3-7-13(14)11-18(15(17)12-19)9-5-6-10-18/h3-4,7-8H,2,5-6,9-11H2,1H3,(H,20,21). The van der Waals surface area contributed by atoms with E-state index in [1.807, 2.05) is 25.1 Å². The van der Waals surface area contributed by atoms with Crippen LogP contribution in [-0.2, 0) is 11.2 Å². The molecule has 3 nitrogen and oxygen atoms in total. The van der Waals surface area contributed by atoms with E-state index in [-0.39, 0.29) is 11.3 Å². The second kappa shape index (κ2) is 5.37. The van der Waals surface area contributed by atoms with Gasteiger partial charge >= 0.3 is 0 Å². The van der Waals surface area contributed by atoms with Crippen molar-refractivity contribution in [3.05, 3.63) is 41.0 Å². The Labute approximate surface area is 125 Å². The van der Waals surface area contributed by atoms with Crippen LogP contribution in [0.3, 0.4) is 0 Å². The topological polar surface area (TPSA) is 52.9 Å². The molecule has 0 saturated heterocycles. The third-order valence-corrected chi connectivity index (χ3v) is 4.85. The molecule has 1 N–H and O–H groups in total. The van der Waals surface area contributed by atoms with Gasteiger partial charge in [0, 0.05) is 17.4 Å². The molecule has 1 saturated carbocycles. The van der Waals surface area contributed by atoms with E-state index in [0.717, 1.165) is 36.1 Å². The highest BCUT2D eigenvalue weighted by Crippen LogP contribution is 2.51. The maximum Gasteiger partial charge on any atom is 0.224 e. The molecular weight excluding hydrogens is 260 g/mol. The molecule has 2 aliphatic rings. The van der Waals surface area contributed by atoms with Gasteiger partial charge in [0.05, 0.1) is 17.3 Å². The fraction of sp³-hybridized carbons (Fsp3) is 0.444. The van der Waals surface area contributed by atoms with Crippen LogP contribution in [0.4, 0.5) is 0 Å². The Hall–Kier alpha value is -2.08. The molecule has 0 atom stereocenters. The van der Waals surface area contributed by atoms with Crippen LogP contribution >= 0.6 is 0 Å². The van der Waals surface area contributed by atoms with Crippen molar-refractivity contribution >= 4 is 11.6 Å². The molecule has 1 fully saturated rings. The molecule has 1 amide bonds. The monoisotopic (exact) mass is 280 g/mol. The number of nitrogens with zero attached hydrogens (tertiary/aromatic N) is 1. The average Bonchev–Trinajstić information content (AvgIpc) is 2.96. The van der Waals surface area contributed by atoms with Crippen molar-refractivity contribution in [2.75, 3.05) is 0 Å². The van der Waals surface area contributed by atoms with Gasteiger partial charge in [0.15, 0.2) is 0 Å². The van der Waals surface area contributed by atoms with E-state index in [0.29, 0.717) is 6.42 Å². The molecule has 108 valence electrons. The molecule has 0 unspecified atom stereocenters. The number of amides is 1. The van der Waals surface area contributed by atoms with Gasteiger partial charge in [-0.15, -0.1) is 0 Å². The van der Waals surface area contributed by atoms with Crippen molar-refractivity contribution < 1.29 is 4.79 Å². The van der Waals surface area contributed by atoms with Gasteiger partial charge in [0.25, 0.3) is 0 Å². The number of carbonyl (C=O) groups excluding carboxylic acids is 1. The summed E-state index contributed by atoms with van der Waals surface area (Å²) in [5.41, 5.74) is 3.77. The van der Waals surface area contributed by atoms with Gasteiger partial charge < -0.3 is 5.32 Å². The highest BCUT2D eigenvalue weighted by molar-refractivity contribution is 5.90. The molecule has 2 aliphatic carbocycles. The van der Waals surface area contributed by atoms with Gasteiger partial charge in [-0.05, 0) is 24.8 Å².